The Bertz CT molecular complexity index is 1460. The van der Waals surface area contributed by atoms with Crippen molar-refractivity contribution < 1.29 is 24.2 Å². The summed E-state index contributed by atoms with van der Waals surface area (Å²) < 4.78 is 10.7. The van der Waals surface area contributed by atoms with Gasteiger partial charge in [-0.05, 0) is 36.6 Å². The lowest BCUT2D eigenvalue weighted by atomic mass is 9.93. The number of carbonyl (C=O) groups excluding carboxylic acids is 2. The number of aromatic amines is 1. The Balaban J connectivity index is 1.30. The highest BCUT2D eigenvalue weighted by molar-refractivity contribution is 6.00. The second kappa shape index (κ2) is 9.34. The van der Waals surface area contributed by atoms with Crippen LogP contribution in [0, 0.1) is 0 Å². The number of hydrogen-bond donors (Lipinski definition) is 3. The van der Waals surface area contributed by atoms with Gasteiger partial charge in [0.1, 0.15) is 6.61 Å². The van der Waals surface area contributed by atoms with E-state index in [1.165, 1.54) is 4.90 Å². The Morgan fingerprint density at radius 1 is 1.16 bits per heavy atom. The van der Waals surface area contributed by atoms with Crippen molar-refractivity contribution in [2.24, 2.45) is 0 Å². The van der Waals surface area contributed by atoms with Gasteiger partial charge in [0, 0.05) is 29.8 Å². The summed E-state index contributed by atoms with van der Waals surface area (Å²) in [6.07, 6.45) is 1.14. The molecule has 1 aromatic heterocycles. The molecule has 6 rings (SSSR count). The average Bonchev–Trinajstić information content (AvgIpc) is 3.63. The number of rotatable bonds is 6. The van der Waals surface area contributed by atoms with Crippen molar-refractivity contribution in [3.05, 3.63) is 95.1 Å². The molecule has 9 nitrogen and oxygen atoms in total. The molecule has 2 aliphatic rings. The number of fused-ring (bicyclic) bond motifs is 2. The van der Waals surface area contributed by atoms with Crippen LogP contribution >= 0.6 is 0 Å². The van der Waals surface area contributed by atoms with Crippen LogP contribution in [0.25, 0.3) is 11.0 Å². The van der Waals surface area contributed by atoms with Gasteiger partial charge in [-0.2, -0.15) is 0 Å². The lowest BCUT2D eigenvalue weighted by Gasteiger charge is -2.35. The maximum atomic E-state index is 13.4. The molecule has 2 amide bonds. The molecule has 188 valence electrons. The largest absolute Gasteiger partial charge is 0.446 e. The Labute approximate surface area is 213 Å². The number of amides is 2. The molecule has 9 heteroatoms. The monoisotopic (exact) mass is 498 g/mol. The molecule has 1 fully saturated rings. The summed E-state index contributed by atoms with van der Waals surface area (Å²) in [6, 6.07) is 21.9. The van der Waals surface area contributed by atoms with Crippen LogP contribution in [-0.4, -0.2) is 51.3 Å². The normalized spacial score (nSPS) is 20.8. The summed E-state index contributed by atoms with van der Waals surface area (Å²) in [6.45, 7) is 1.10. The van der Waals surface area contributed by atoms with Gasteiger partial charge in [0.15, 0.2) is 5.72 Å². The van der Waals surface area contributed by atoms with Gasteiger partial charge in [-0.25, -0.2) is 9.78 Å². The Kier molecular flexibility index (Phi) is 5.86. The molecule has 3 heterocycles. The van der Waals surface area contributed by atoms with E-state index in [9.17, 15) is 14.7 Å². The number of aromatic nitrogens is 2. The number of carbonyl (C=O) groups is 2. The number of nitrogens with zero attached hydrogens (tertiary/aromatic N) is 2. The SMILES string of the molecule is O=C(Nc1nc2cc(C3(O)c4ccccc4C(=O)N3Cc3ccccc3)ccc2[nH]1)OCC1CCCO1. The van der Waals surface area contributed by atoms with Crippen LogP contribution in [0.4, 0.5) is 10.7 Å². The minimum atomic E-state index is -1.69. The minimum absolute atomic E-state index is 0.0689. The van der Waals surface area contributed by atoms with Crippen LogP contribution in [-0.2, 0) is 21.7 Å². The molecule has 1 saturated heterocycles. The molecule has 3 aromatic carbocycles. The van der Waals surface area contributed by atoms with E-state index in [4.69, 9.17) is 9.47 Å². The third kappa shape index (κ3) is 4.22. The van der Waals surface area contributed by atoms with E-state index in [0.29, 0.717) is 34.3 Å². The van der Waals surface area contributed by atoms with Gasteiger partial charge in [-0.1, -0.05) is 54.6 Å². The molecule has 2 unspecified atom stereocenters. The van der Waals surface area contributed by atoms with Crippen molar-refractivity contribution >= 4 is 29.0 Å². The van der Waals surface area contributed by atoms with Crippen molar-refractivity contribution in [2.75, 3.05) is 18.5 Å². The first-order valence-electron chi connectivity index (χ1n) is 12.3. The zero-order chi connectivity index (χ0) is 25.4. The summed E-state index contributed by atoms with van der Waals surface area (Å²) in [5, 5.41) is 14.8. The molecular formula is C28H26N4O5. The second-order valence-electron chi connectivity index (χ2n) is 9.27. The van der Waals surface area contributed by atoms with Crippen LogP contribution in [0.15, 0.2) is 72.8 Å². The quantitative estimate of drug-likeness (QED) is 0.368. The zero-order valence-electron chi connectivity index (χ0n) is 20.0. The van der Waals surface area contributed by atoms with E-state index in [1.54, 1.807) is 42.5 Å². The molecule has 0 saturated carbocycles. The Hall–Kier alpha value is -4.21. The van der Waals surface area contributed by atoms with Gasteiger partial charge >= 0.3 is 6.09 Å². The third-order valence-electron chi connectivity index (χ3n) is 6.88. The molecule has 0 radical (unpaired) electrons. The molecule has 0 spiro atoms. The van der Waals surface area contributed by atoms with E-state index in [1.807, 2.05) is 30.3 Å². The van der Waals surface area contributed by atoms with Gasteiger partial charge in [0.2, 0.25) is 5.95 Å². The van der Waals surface area contributed by atoms with Crippen molar-refractivity contribution in [2.45, 2.75) is 31.2 Å². The Morgan fingerprint density at radius 2 is 1.97 bits per heavy atom. The molecule has 2 aliphatic heterocycles. The fraction of sp³-hybridized carbons (Fsp3) is 0.250. The maximum absolute atomic E-state index is 13.4. The summed E-state index contributed by atoms with van der Waals surface area (Å²) in [4.78, 5) is 34.6. The topological polar surface area (TPSA) is 117 Å². The molecule has 0 bridgehead atoms. The van der Waals surface area contributed by atoms with E-state index in [-0.39, 0.29) is 31.1 Å². The number of H-pyrrole nitrogens is 1. The molecule has 37 heavy (non-hydrogen) atoms. The van der Waals surface area contributed by atoms with Crippen LogP contribution in [0.1, 0.15) is 39.9 Å². The fourth-order valence-electron chi connectivity index (χ4n) is 5.03. The number of anilines is 1. The number of imidazole rings is 1. The van der Waals surface area contributed by atoms with Crippen LogP contribution < -0.4 is 5.32 Å². The molecule has 4 aromatic rings. The maximum Gasteiger partial charge on any atom is 0.414 e. The van der Waals surface area contributed by atoms with Gasteiger partial charge in [0.25, 0.3) is 5.91 Å². The summed E-state index contributed by atoms with van der Waals surface area (Å²) >= 11 is 0. The summed E-state index contributed by atoms with van der Waals surface area (Å²) in [5.74, 6) is -0.0269. The second-order valence-corrected chi connectivity index (χ2v) is 9.27. The summed E-state index contributed by atoms with van der Waals surface area (Å²) in [5.41, 5.74) is 1.86. The lowest BCUT2D eigenvalue weighted by molar-refractivity contribution is -0.0542. The van der Waals surface area contributed by atoms with Gasteiger partial charge in [0.05, 0.1) is 17.1 Å². The van der Waals surface area contributed by atoms with E-state index in [0.717, 1.165) is 18.4 Å². The highest BCUT2D eigenvalue weighted by atomic mass is 16.6. The van der Waals surface area contributed by atoms with Crippen molar-refractivity contribution in [3.8, 4) is 0 Å². The van der Waals surface area contributed by atoms with E-state index in [2.05, 4.69) is 15.3 Å². The molecule has 2 atom stereocenters. The number of aliphatic hydroxyl groups is 1. The minimum Gasteiger partial charge on any atom is -0.446 e. The zero-order valence-corrected chi connectivity index (χ0v) is 20.0. The Morgan fingerprint density at radius 3 is 2.78 bits per heavy atom. The smallest absolute Gasteiger partial charge is 0.414 e. The molecule has 0 aliphatic carbocycles. The molecular weight excluding hydrogens is 472 g/mol. The first-order chi connectivity index (χ1) is 18.0. The first-order valence-corrected chi connectivity index (χ1v) is 12.3. The van der Waals surface area contributed by atoms with Crippen molar-refractivity contribution in [1.29, 1.82) is 0 Å². The van der Waals surface area contributed by atoms with Gasteiger partial charge < -0.3 is 19.6 Å². The van der Waals surface area contributed by atoms with Crippen LogP contribution in [0.5, 0.6) is 0 Å². The average molecular weight is 499 g/mol. The highest BCUT2D eigenvalue weighted by Gasteiger charge is 2.49. The third-order valence-corrected chi connectivity index (χ3v) is 6.88. The molecule has 3 N–H and O–H groups in total. The predicted molar refractivity (Wildman–Crippen MR) is 136 cm³/mol. The van der Waals surface area contributed by atoms with E-state index >= 15 is 0 Å². The predicted octanol–water partition coefficient (Wildman–Crippen LogP) is 4.14. The van der Waals surface area contributed by atoms with Gasteiger partial charge in [-0.15, -0.1) is 0 Å². The van der Waals surface area contributed by atoms with Crippen LogP contribution in [0.2, 0.25) is 0 Å². The lowest BCUT2D eigenvalue weighted by Crippen LogP contribution is -2.44. The van der Waals surface area contributed by atoms with Crippen molar-refractivity contribution in [3.63, 3.8) is 0 Å². The van der Waals surface area contributed by atoms with E-state index < -0.39 is 11.8 Å². The fourth-order valence-corrected chi connectivity index (χ4v) is 5.03. The number of benzene rings is 3. The standard InChI is InChI=1S/C28H26N4O5/c33-25-21-10-4-5-11-22(21)28(35,32(25)16-18-7-2-1-3-8-18)19-12-13-23-24(15-19)30-26(29-23)31-27(34)37-17-20-9-6-14-36-20/h1-5,7-8,10-13,15,20,35H,6,9,14,16-17H2,(H2,29,30,31,34). The van der Waals surface area contributed by atoms with Crippen LogP contribution in [0.3, 0.4) is 0 Å². The van der Waals surface area contributed by atoms with Crippen molar-refractivity contribution in [1.82, 2.24) is 14.9 Å². The number of nitrogens with one attached hydrogen (secondary N) is 2. The number of hydrogen-bond acceptors (Lipinski definition) is 6. The number of ether oxygens (including phenoxy) is 2. The highest BCUT2D eigenvalue weighted by Crippen LogP contribution is 2.43. The van der Waals surface area contributed by atoms with Gasteiger partial charge in [-0.3, -0.25) is 15.0 Å². The first kappa shape index (κ1) is 23.2. The summed E-state index contributed by atoms with van der Waals surface area (Å²) in [7, 11) is 0.